The second-order valence-corrected chi connectivity index (χ2v) is 15.7. The molecule has 8 aromatic rings. The first kappa shape index (κ1) is 33.7. The van der Waals surface area contributed by atoms with Crippen LogP contribution < -0.4 is 0 Å². The monoisotopic (exact) mass is 700 g/mol. The number of hydrogen-bond donors (Lipinski definition) is 0. The van der Waals surface area contributed by atoms with Gasteiger partial charge in [0, 0.05) is 27.6 Å². The minimum Gasteiger partial charge on any atom is -0.309 e. The Hall–Kier alpha value is -5.43. The summed E-state index contributed by atoms with van der Waals surface area (Å²) in [6.07, 6.45) is -4.85. The summed E-state index contributed by atoms with van der Waals surface area (Å²) in [6, 6.07) is 32.6. The van der Waals surface area contributed by atoms with Crippen LogP contribution in [0.4, 0.5) is 22.0 Å². The van der Waals surface area contributed by atoms with Crippen molar-refractivity contribution in [1.29, 1.82) is 0 Å². The van der Waals surface area contributed by atoms with Crippen molar-refractivity contribution in [3.63, 3.8) is 0 Å². The first-order valence-corrected chi connectivity index (χ1v) is 17.3. The van der Waals surface area contributed by atoms with Gasteiger partial charge in [0.1, 0.15) is 17.2 Å². The third kappa shape index (κ3) is 5.45. The molecule has 0 atom stereocenters. The molecule has 2 nitrogen and oxygen atoms in total. The molecule has 0 bridgehead atoms. The zero-order chi connectivity index (χ0) is 36.9. The van der Waals surface area contributed by atoms with Crippen molar-refractivity contribution in [3.05, 3.63) is 144 Å². The number of halogens is 5. The minimum atomic E-state index is -4.85. The third-order valence-corrected chi connectivity index (χ3v) is 10.1. The molecule has 0 aliphatic heterocycles. The van der Waals surface area contributed by atoms with Gasteiger partial charge in [-0.05, 0) is 81.6 Å². The molecule has 0 aliphatic carbocycles. The lowest BCUT2D eigenvalue weighted by Gasteiger charge is -2.24. The minimum absolute atomic E-state index is 0.126. The van der Waals surface area contributed by atoms with E-state index < -0.39 is 23.4 Å². The zero-order valence-electron chi connectivity index (χ0n) is 29.8. The summed E-state index contributed by atoms with van der Waals surface area (Å²) in [5.74, 6) is -1.65. The normalized spacial score (nSPS) is 12.9. The molecule has 0 saturated carbocycles. The van der Waals surface area contributed by atoms with Crippen molar-refractivity contribution in [2.75, 3.05) is 0 Å². The molecule has 0 radical (unpaired) electrons. The van der Waals surface area contributed by atoms with E-state index in [1.165, 1.54) is 12.1 Å². The van der Waals surface area contributed by atoms with E-state index in [9.17, 15) is 8.78 Å². The first-order valence-electron chi connectivity index (χ1n) is 17.3. The summed E-state index contributed by atoms with van der Waals surface area (Å²) >= 11 is 0. The highest BCUT2D eigenvalue weighted by molar-refractivity contribution is 6.11. The van der Waals surface area contributed by atoms with Gasteiger partial charge >= 0.3 is 6.18 Å². The standard InChI is InChI=1S/C45H37F5N2/c1-43(2,3)28-15-17-34-32-11-7-9-13-36(32)51(38(34)23-28)40-21-27(26-19-30(46)25-31(47)20-26)22-41(42(40)45(48,49)50)52-37-14-10-8-12-33(37)35-18-16-29(24-39(35)52)44(4,5)6/h7-25H,1-6H3. The van der Waals surface area contributed by atoms with E-state index in [4.69, 9.17) is 0 Å². The summed E-state index contributed by atoms with van der Waals surface area (Å²) < 4.78 is 81.5. The molecule has 8 rings (SSSR count). The molecule has 0 spiro atoms. The molecule has 0 amide bonds. The van der Waals surface area contributed by atoms with E-state index in [0.717, 1.165) is 50.9 Å². The van der Waals surface area contributed by atoms with Gasteiger partial charge in [0.2, 0.25) is 0 Å². The molecule has 2 heterocycles. The van der Waals surface area contributed by atoms with Gasteiger partial charge in [-0.15, -0.1) is 0 Å². The summed E-state index contributed by atoms with van der Waals surface area (Å²) in [6.45, 7) is 12.4. The molecule has 7 heteroatoms. The Morgan fingerprint density at radius 1 is 0.423 bits per heavy atom. The Balaban J connectivity index is 1.61. The summed E-state index contributed by atoms with van der Waals surface area (Å²) in [5, 5.41) is 3.18. The summed E-state index contributed by atoms with van der Waals surface area (Å²) in [4.78, 5) is 0. The van der Waals surface area contributed by atoms with Crippen LogP contribution in [0.3, 0.4) is 0 Å². The van der Waals surface area contributed by atoms with E-state index in [1.54, 1.807) is 9.13 Å². The van der Waals surface area contributed by atoms with Crippen LogP contribution >= 0.6 is 0 Å². The van der Waals surface area contributed by atoms with Crippen LogP contribution in [0, 0.1) is 11.6 Å². The van der Waals surface area contributed by atoms with Crippen LogP contribution in [0.5, 0.6) is 0 Å². The predicted octanol–water partition coefficient (Wildman–Crippen LogP) is 13.4. The second kappa shape index (κ2) is 11.5. The number of hydrogen-bond acceptors (Lipinski definition) is 0. The van der Waals surface area contributed by atoms with Crippen molar-refractivity contribution in [3.8, 4) is 22.5 Å². The Morgan fingerprint density at radius 2 is 0.808 bits per heavy atom. The van der Waals surface area contributed by atoms with Gasteiger partial charge in [0.05, 0.1) is 33.4 Å². The maximum absolute atomic E-state index is 16.1. The number of rotatable bonds is 3. The molecule has 52 heavy (non-hydrogen) atoms. The van der Waals surface area contributed by atoms with E-state index in [1.807, 2.05) is 84.9 Å². The van der Waals surface area contributed by atoms with Crippen LogP contribution in [0.15, 0.2) is 115 Å². The van der Waals surface area contributed by atoms with Crippen LogP contribution in [0.1, 0.15) is 58.2 Å². The summed E-state index contributed by atoms with van der Waals surface area (Å²) in [5.41, 5.74) is 2.93. The quantitative estimate of drug-likeness (QED) is 0.162. The zero-order valence-corrected chi connectivity index (χ0v) is 29.8. The highest BCUT2D eigenvalue weighted by atomic mass is 19.4. The summed E-state index contributed by atoms with van der Waals surface area (Å²) in [7, 11) is 0. The molecule has 0 aliphatic rings. The van der Waals surface area contributed by atoms with Crippen LogP contribution in [-0.2, 0) is 17.0 Å². The molecular formula is C45H37F5N2. The smallest absolute Gasteiger partial charge is 0.309 e. The average molecular weight is 701 g/mol. The number of nitrogens with zero attached hydrogens (tertiary/aromatic N) is 2. The lowest BCUT2D eigenvalue weighted by Crippen LogP contribution is -2.17. The number of benzene rings is 6. The van der Waals surface area contributed by atoms with E-state index >= 15 is 13.2 Å². The highest BCUT2D eigenvalue weighted by Crippen LogP contribution is 2.47. The Morgan fingerprint density at radius 3 is 1.21 bits per heavy atom. The third-order valence-electron chi connectivity index (χ3n) is 10.1. The van der Waals surface area contributed by atoms with Crippen LogP contribution in [0.2, 0.25) is 0 Å². The molecule has 0 N–H and O–H groups in total. The van der Waals surface area contributed by atoms with Gasteiger partial charge in [-0.1, -0.05) is 102 Å². The van der Waals surface area contributed by atoms with Crippen molar-refractivity contribution in [2.24, 2.45) is 0 Å². The Kier molecular flexibility index (Phi) is 7.48. The first-order chi connectivity index (χ1) is 24.5. The van der Waals surface area contributed by atoms with E-state index in [2.05, 4.69) is 41.5 Å². The van der Waals surface area contributed by atoms with Gasteiger partial charge in [0.25, 0.3) is 0 Å². The molecule has 262 valence electrons. The van der Waals surface area contributed by atoms with Gasteiger partial charge in [-0.2, -0.15) is 13.2 Å². The van der Waals surface area contributed by atoms with Gasteiger partial charge in [0.15, 0.2) is 0 Å². The maximum atomic E-state index is 16.1. The SMILES string of the molecule is CC(C)(C)c1ccc2c3ccccc3n(-c3cc(-c4cc(F)cc(F)c4)cc(-n4c5ccccc5c5ccc(C(C)(C)C)cc54)c3C(F)(F)F)c2c1. The maximum Gasteiger partial charge on any atom is 0.420 e. The highest BCUT2D eigenvalue weighted by Gasteiger charge is 2.40. The van der Waals surface area contributed by atoms with Gasteiger partial charge < -0.3 is 9.13 Å². The lowest BCUT2D eigenvalue weighted by atomic mass is 9.86. The molecular weight excluding hydrogens is 663 g/mol. The Bertz CT molecular complexity index is 2540. The number of alkyl halides is 3. The largest absolute Gasteiger partial charge is 0.420 e. The van der Waals surface area contributed by atoms with Crippen molar-refractivity contribution in [1.82, 2.24) is 9.13 Å². The van der Waals surface area contributed by atoms with Crippen LogP contribution in [-0.4, -0.2) is 9.13 Å². The Labute approximate surface area is 298 Å². The molecule has 0 unspecified atom stereocenters. The molecule has 0 saturated heterocycles. The number of para-hydroxylation sites is 2. The molecule has 2 aromatic heterocycles. The van der Waals surface area contributed by atoms with Crippen LogP contribution in [0.25, 0.3) is 66.1 Å². The number of fused-ring (bicyclic) bond motifs is 6. The second-order valence-electron chi connectivity index (χ2n) is 15.7. The topological polar surface area (TPSA) is 9.86 Å². The fraction of sp³-hybridized carbons (Fsp3) is 0.200. The van der Waals surface area contributed by atoms with Gasteiger partial charge in [-0.3, -0.25) is 0 Å². The van der Waals surface area contributed by atoms with Gasteiger partial charge in [-0.25, -0.2) is 8.78 Å². The van der Waals surface area contributed by atoms with Crippen molar-refractivity contribution in [2.45, 2.75) is 58.5 Å². The lowest BCUT2D eigenvalue weighted by molar-refractivity contribution is -0.137. The fourth-order valence-corrected chi connectivity index (χ4v) is 7.54. The van der Waals surface area contributed by atoms with E-state index in [0.29, 0.717) is 22.1 Å². The fourth-order valence-electron chi connectivity index (χ4n) is 7.54. The van der Waals surface area contributed by atoms with Crippen molar-refractivity contribution >= 4 is 43.6 Å². The molecule has 6 aromatic carbocycles. The number of aromatic nitrogens is 2. The molecule has 0 fully saturated rings. The average Bonchev–Trinajstić information content (AvgIpc) is 3.58. The van der Waals surface area contributed by atoms with Crippen molar-refractivity contribution < 1.29 is 22.0 Å². The van der Waals surface area contributed by atoms with E-state index in [-0.39, 0.29) is 33.3 Å². The predicted molar refractivity (Wildman–Crippen MR) is 203 cm³/mol.